The standard InChI is InChI=1S/C20H18O8.C16H18N2O/c1-11-7-3-5-9-13(11)19(25)27-15(17(21)22)16(18(23)24)28-20(26)14-10-6-4-8-12(14)2;1-18(12-13-8-4-2-5-9-13)15(16(17)19)14-10-6-3-7-11-14/h3-10,15-16H,1-2H3,(H,21,22)(H,23,24);2-11,15H,12H2,1H3,(H2,17,19)/t15-,16-;15-/m10/s1. The minimum atomic E-state index is -2.22. The molecule has 0 spiro atoms. The molecule has 4 aromatic carbocycles. The molecule has 0 aliphatic carbocycles. The summed E-state index contributed by atoms with van der Waals surface area (Å²) in [6, 6.07) is 31.7. The molecule has 4 aromatic rings. The molecule has 3 atom stereocenters. The Hall–Kier alpha value is -5.81. The lowest BCUT2D eigenvalue weighted by molar-refractivity contribution is -0.166. The summed E-state index contributed by atoms with van der Waals surface area (Å²) in [4.78, 5) is 61.4. The van der Waals surface area contributed by atoms with Crippen LogP contribution in [-0.4, -0.2) is 64.2 Å². The molecule has 0 bridgehead atoms. The zero-order valence-electron chi connectivity index (χ0n) is 26.1. The fourth-order valence-electron chi connectivity index (χ4n) is 4.68. The number of primary amides is 1. The van der Waals surface area contributed by atoms with Crippen molar-refractivity contribution in [1.82, 2.24) is 4.90 Å². The SMILES string of the molecule is CN(Cc1ccccc1)[C@H](C(N)=O)c1ccccc1.Cc1ccccc1C(=O)O[C@@H](C(=O)O)[C@@H](OC(=O)c1ccccc1C)C(=O)O. The van der Waals surface area contributed by atoms with Gasteiger partial charge in [-0.05, 0) is 55.3 Å². The van der Waals surface area contributed by atoms with Crippen molar-refractivity contribution >= 4 is 29.8 Å². The molecule has 0 radical (unpaired) electrons. The van der Waals surface area contributed by atoms with Crippen LogP contribution in [0.1, 0.15) is 49.0 Å². The number of nitrogens with two attached hydrogens (primary N) is 1. The number of benzene rings is 4. The van der Waals surface area contributed by atoms with Gasteiger partial charge in [-0.2, -0.15) is 0 Å². The summed E-state index contributed by atoms with van der Waals surface area (Å²) in [6.45, 7) is 3.90. The second-order valence-electron chi connectivity index (χ2n) is 10.6. The fraction of sp³-hybridized carbons (Fsp3) is 0.194. The predicted molar refractivity (Wildman–Crippen MR) is 172 cm³/mol. The summed E-state index contributed by atoms with van der Waals surface area (Å²) in [5.41, 5.74) is 8.80. The van der Waals surface area contributed by atoms with Crippen molar-refractivity contribution in [2.45, 2.75) is 38.6 Å². The van der Waals surface area contributed by atoms with Crippen LogP contribution < -0.4 is 5.73 Å². The third kappa shape index (κ3) is 10.1. The number of carbonyl (C=O) groups is 5. The number of carboxylic acid groups (broad SMARTS) is 2. The highest BCUT2D eigenvalue weighted by Crippen LogP contribution is 2.21. The molecule has 0 saturated carbocycles. The molecule has 4 rings (SSSR count). The first-order valence-corrected chi connectivity index (χ1v) is 14.5. The number of hydrogen-bond acceptors (Lipinski definition) is 8. The van der Waals surface area contributed by atoms with Gasteiger partial charge in [0.25, 0.3) is 0 Å². The van der Waals surface area contributed by atoms with E-state index in [1.807, 2.05) is 72.6 Å². The molecular formula is C36H36N2O9. The lowest BCUT2D eigenvalue weighted by Gasteiger charge is -2.25. The Kier molecular flexibility index (Phi) is 12.9. The molecule has 1 amide bonds. The Morgan fingerprint density at radius 2 is 1.02 bits per heavy atom. The average Bonchev–Trinajstić information content (AvgIpc) is 3.04. The fourth-order valence-corrected chi connectivity index (χ4v) is 4.68. The third-order valence-electron chi connectivity index (χ3n) is 7.06. The van der Waals surface area contributed by atoms with E-state index in [1.54, 1.807) is 50.2 Å². The van der Waals surface area contributed by atoms with Crippen molar-refractivity contribution < 1.29 is 43.7 Å². The van der Waals surface area contributed by atoms with E-state index in [-0.39, 0.29) is 17.0 Å². The van der Waals surface area contributed by atoms with E-state index in [1.165, 1.54) is 12.1 Å². The summed E-state index contributed by atoms with van der Waals surface area (Å²) in [5.74, 6) is -5.92. The first kappa shape index (κ1) is 35.7. The Labute approximate surface area is 272 Å². The number of likely N-dealkylation sites (N-methyl/N-ethyl adjacent to an activating group) is 1. The largest absolute Gasteiger partial charge is 0.478 e. The van der Waals surface area contributed by atoms with Crippen molar-refractivity contribution in [3.63, 3.8) is 0 Å². The van der Waals surface area contributed by atoms with Crippen LogP contribution in [-0.2, 0) is 30.4 Å². The van der Waals surface area contributed by atoms with E-state index in [9.17, 15) is 34.2 Å². The van der Waals surface area contributed by atoms with E-state index in [2.05, 4.69) is 0 Å². The smallest absolute Gasteiger partial charge is 0.349 e. The number of esters is 2. The average molecular weight is 641 g/mol. The normalized spacial score (nSPS) is 12.4. The number of nitrogens with zero attached hydrogens (tertiary/aromatic N) is 1. The number of ether oxygens (including phenoxy) is 2. The van der Waals surface area contributed by atoms with Gasteiger partial charge >= 0.3 is 23.9 Å². The van der Waals surface area contributed by atoms with Crippen molar-refractivity contribution in [2.75, 3.05) is 7.05 Å². The number of aryl methyl sites for hydroxylation is 2. The molecule has 0 aromatic heterocycles. The van der Waals surface area contributed by atoms with E-state index >= 15 is 0 Å². The van der Waals surface area contributed by atoms with Crippen LogP contribution in [0.4, 0.5) is 0 Å². The quantitative estimate of drug-likeness (QED) is 0.186. The van der Waals surface area contributed by atoms with Crippen LogP contribution in [0, 0.1) is 13.8 Å². The number of carboxylic acids is 2. The second-order valence-corrected chi connectivity index (χ2v) is 10.6. The highest BCUT2D eigenvalue weighted by Gasteiger charge is 2.41. The maximum Gasteiger partial charge on any atom is 0.349 e. The molecule has 0 fully saturated rings. The minimum absolute atomic E-state index is 0.0723. The topological polar surface area (TPSA) is 174 Å². The van der Waals surface area contributed by atoms with Gasteiger partial charge in [0.2, 0.25) is 18.1 Å². The zero-order valence-corrected chi connectivity index (χ0v) is 26.1. The lowest BCUT2D eigenvalue weighted by Crippen LogP contribution is -2.46. The summed E-state index contributed by atoms with van der Waals surface area (Å²) in [6.07, 6.45) is -4.45. The van der Waals surface area contributed by atoms with Crippen LogP contribution in [0.3, 0.4) is 0 Å². The van der Waals surface area contributed by atoms with E-state index < -0.39 is 42.1 Å². The lowest BCUT2D eigenvalue weighted by atomic mass is 10.0. The monoisotopic (exact) mass is 640 g/mol. The minimum Gasteiger partial charge on any atom is -0.478 e. The zero-order chi connectivity index (χ0) is 34.5. The first-order chi connectivity index (χ1) is 22.4. The molecule has 11 heteroatoms. The number of hydrogen-bond donors (Lipinski definition) is 3. The highest BCUT2D eigenvalue weighted by molar-refractivity contribution is 5.96. The summed E-state index contributed by atoms with van der Waals surface area (Å²) in [7, 11) is 1.91. The second kappa shape index (κ2) is 17.0. The van der Waals surface area contributed by atoms with Crippen molar-refractivity contribution in [3.05, 3.63) is 143 Å². The van der Waals surface area contributed by atoms with Gasteiger partial charge in [0.1, 0.15) is 6.04 Å². The van der Waals surface area contributed by atoms with E-state index in [4.69, 9.17) is 15.2 Å². The van der Waals surface area contributed by atoms with Gasteiger partial charge in [-0.25, -0.2) is 19.2 Å². The Balaban J connectivity index is 0.000000274. The Bertz CT molecular complexity index is 1620. The van der Waals surface area contributed by atoms with Gasteiger partial charge in [0, 0.05) is 6.54 Å². The van der Waals surface area contributed by atoms with Gasteiger partial charge in [-0.1, -0.05) is 97.1 Å². The molecule has 244 valence electrons. The van der Waals surface area contributed by atoms with E-state index in [0.717, 1.165) is 11.1 Å². The third-order valence-corrected chi connectivity index (χ3v) is 7.06. The molecule has 11 nitrogen and oxygen atoms in total. The van der Waals surface area contributed by atoms with Gasteiger partial charge in [-0.15, -0.1) is 0 Å². The molecule has 0 aliphatic heterocycles. The van der Waals surface area contributed by atoms with Crippen molar-refractivity contribution in [1.29, 1.82) is 0 Å². The number of carbonyl (C=O) groups excluding carboxylic acids is 3. The van der Waals surface area contributed by atoms with Gasteiger partial charge in [-0.3, -0.25) is 9.69 Å². The highest BCUT2D eigenvalue weighted by atomic mass is 16.6. The van der Waals surface area contributed by atoms with Crippen LogP contribution in [0.15, 0.2) is 109 Å². The predicted octanol–water partition coefficient (Wildman–Crippen LogP) is 4.57. The number of rotatable bonds is 12. The van der Waals surface area contributed by atoms with Crippen LogP contribution >= 0.6 is 0 Å². The molecule has 0 heterocycles. The Morgan fingerprint density at radius 1 is 0.638 bits per heavy atom. The number of amides is 1. The molecule has 4 N–H and O–H groups in total. The van der Waals surface area contributed by atoms with Crippen LogP contribution in [0.2, 0.25) is 0 Å². The van der Waals surface area contributed by atoms with Crippen molar-refractivity contribution in [3.8, 4) is 0 Å². The molecule has 0 unspecified atom stereocenters. The van der Waals surface area contributed by atoms with Crippen LogP contribution in [0.25, 0.3) is 0 Å². The maximum atomic E-state index is 12.3. The van der Waals surface area contributed by atoms with Gasteiger partial charge in [0.15, 0.2) is 0 Å². The maximum absolute atomic E-state index is 12.3. The molecular weight excluding hydrogens is 604 g/mol. The van der Waals surface area contributed by atoms with Crippen molar-refractivity contribution in [2.24, 2.45) is 5.73 Å². The van der Waals surface area contributed by atoms with Gasteiger partial charge < -0.3 is 25.4 Å². The Morgan fingerprint density at radius 3 is 1.40 bits per heavy atom. The number of aliphatic carboxylic acids is 2. The summed E-state index contributed by atoms with van der Waals surface area (Å²) >= 11 is 0. The first-order valence-electron chi connectivity index (χ1n) is 14.5. The molecule has 47 heavy (non-hydrogen) atoms. The molecule has 0 saturated heterocycles. The van der Waals surface area contributed by atoms with Gasteiger partial charge in [0.05, 0.1) is 11.1 Å². The van der Waals surface area contributed by atoms with Crippen LogP contribution in [0.5, 0.6) is 0 Å². The summed E-state index contributed by atoms with van der Waals surface area (Å²) < 4.78 is 9.75. The summed E-state index contributed by atoms with van der Waals surface area (Å²) in [5, 5.41) is 18.7. The molecule has 0 aliphatic rings. The van der Waals surface area contributed by atoms with E-state index in [0.29, 0.717) is 17.7 Å².